The molecule has 0 aliphatic carbocycles. The van der Waals surface area contributed by atoms with E-state index in [1.54, 1.807) is 29.7 Å². The molecule has 4 nitrogen and oxygen atoms in total. The molecule has 0 aliphatic heterocycles. The second-order valence-electron chi connectivity index (χ2n) is 3.36. The van der Waals surface area contributed by atoms with E-state index in [2.05, 4.69) is 15.5 Å². The van der Waals surface area contributed by atoms with E-state index in [1.165, 1.54) is 6.20 Å². The van der Waals surface area contributed by atoms with Gasteiger partial charge < -0.3 is 0 Å². The van der Waals surface area contributed by atoms with Gasteiger partial charge in [0, 0.05) is 17.3 Å². The molecule has 2 aromatic heterocycles. The average Bonchev–Trinajstić information content (AvgIpc) is 2.90. The molecule has 0 spiro atoms. The zero-order chi connectivity index (χ0) is 12.1. The van der Waals surface area contributed by atoms with Crippen molar-refractivity contribution in [1.29, 1.82) is 0 Å². The summed E-state index contributed by atoms with van der Waals surface area (Å²) < 4.78 is 0. The van der Waals surface area contributed by atoms with Crippen LogP contribution in [0.25, 0.3) is 0 Å². The van der Waals surface area contributed by atoms with E-state index >= 15 is 0 Å². The lowest BCUT2D eigenvalue weighted by molar-refractivity contribution is 0.0954. The fraction of sp³-hybridized carbons (Fsp3) is 0.0833. The van der Waals surface area contributed by atoms with E-state index in [-0.39, 0.29) is 5.91 Å². The third kappa shape index (κ3) is 2.98. The van der Waals surface area contributed by atoms with Gasteiger partial charge in [-0.2, -0.15) is 5.10 Å². The summed E-state index contributed by atoms with van der Waals surface area (Å²) in [7, 11) is 0. The van der Waals surface area contributed by atoms with Gasteiger partial charge in [-0.15, -0.1) is 11.3 Å². The Kier molecular flexibility index (Phi) is 3.62. The Morgan fingerprint density at radius 3 is 2.94 bits per heavy atom. The van der Waals surface area contributed by atoms with Crippen LogP contribution in [0.4, 0.5) is 0 Å². The van der Waals surface area contributed by atoms with Gasteiger partial charge in [0.15, 0.2) is 0 Å². The fourth-order valence-electron chi connectivity index (χ4n) is 1.24. The monoisotopic (exact) mass is 245 g/mol. The molecular weight excluding hydrogens is 234 g/mol. The van der Waals surface area contributed by atoms with Crippen LogP contribution in [-0.2, 0) is 0 Å². The van der Waals surface area contributed by atoms with Crippen molar-refractivity contribution in [3.8, 4) is 0 Å². The van der Waals surface area contributed by atoms with E-state index in [0.29, 0.717) is 5.56 Å². The molecule has 0 saturated carbocycles. The molecule has 1 N–H and O–H groups in total. The minimum atomic E-state index is -0.256. The Morgan fingerprint density at radius 2 is 2.29 bits per heavy atom. The zero-order valence-corrected chi connectivity index (χ0v) is 10.1. The first kappa shape index (κ1) is 11.5. The number of hydrogen-bond acceptors (Lipinski definition) is 4. The number of carbonyl (C=O) groups is 1. The van der Waals surface area contributed by atoms with Gasteiger partial charge >= 0.3 is 0 Å². The van der Waals surface area contributed by atoms with Crippen LogP contribution in [0.1, 0.15) is 22.2 Å². The molecule has 86 valence electrons. The van der Waals surface area contributed by atoms with E-state index in [9.17, 15) is 4.79 Å². The van der Waals surface area contributed by atoms with Gasteiger partial charge in [0.1, 0.15) is 0 Å². The summed E-state index contributed by atoms with van der Waals surface area (Å²) in [5.41, 5.74) is 3.79. The molecule has 0 radical (unpaired) electrons. The molecular formula is C12H11N3OS. The van der Waals surface area contributed by atoms with Gasteiger partial charge in [-0.1, -0.05) is 6.07 Å². The number of nitrogens with one attached hydrogen (secondary N) is 1. The third-order valence-corrected chi connectivity index (χ3v) is 3.11. The summed E-state index contributed by atoms with van der Waals surface area (Å²) in [5.74, 6) is -0.256. The molecule has 0 unspecified atom stereocenters. The Balaban J connectivity index is 2.04. The number of hydrazone groups is 1. The maximum Gasteiger partial charge on any atom is 0.272 e. The van der Waals surface area contributed by atoms with E-state index in [1.807, 2.05) is 24.4 Å². The van der Waals surface area contributed by atoms with Crippen LogP contribution in [0.5, 0.6) is 0 Å². The van der Waals surface area contributed by atoms with Crippen LogP contribution in [0.2, 0.25) is 0 Å². The molecule has 2 heterocycles. The molecule has 0 atom stereocenters. The van der Waals surface area contributed by atoms with Crippen molar-refractivity contribution >= 4 is 23.0 Å². The number of carbonyl (C=O) groups excluding carboxylic acids is 1. The Bertz CT molecular complexity index is 520. The third-order valence-electron chi connectivity index (χ3n) is 2.13. The highest BCUT2D eigenvalue weighted by molar-refractivity contribution is 7.12. The van der Waals surface area contributed by atoms with Crippen molar-refractivity contribution in [2.75, 3.05) is 0 Å². The SMILES string of the molecule is C/C(=N/NC(=O)c1cccnc1)c1cccs1. The Labute approximate surface area is 103 Å². The number of nitrogens with zero attached hydrogens (tertiary/aromatic N) is 2. The lowest BCUT2D eigenvalue weighted by atomic mass is 10.3. The van der Waals surface area contributed by atoms with Crippen LogP contribution < -0.4 is 5.43 Å². The first-order valence-electron chi connectivity index (χ1n) is 5.06. The topological polar surface area (TPSA) is 54.4 Å². The van der Waals surface area contributed by atoms with Crippen LogP contribution in [0, 0.1) is 0 Å². The van der Waals surface area contributed by atoms with E-state index < -0.39 is 0 Å². The predicted molar refractivity (Wildman–Crippen MR) is 68.2 cm³/mol. The van der Waals surface area contributed by atoms with Gasteiger partial charge in [0.2, 0.25) is 0 Å². The number of amides is 1. The maximum absolute atomic E-state index is 11.7. The lowest BCUT2D eigenvalue weighted by Gasteiger charge is -2.00. The number of pyridine rings is 1. The van der Waals surface area contributed by atoms with Gasteiger partial charge in [0.25, 0.3) is 5.91 Å². The van der Waals surface area contributed by atoms with Crippen LogP contribution in [-0.4, -0.2) is 16.6 Å². The summed E-state index contributed by atoms with van der Waals surface area (Å²) in [4.78, 5) is 16.6. The summed E-state index contributed by atoms with van der Waals surface area (Å²) in [6.45, 7) is 1.86. The van der Waals surface area contributed by atoms with Crippen LogP contribution >= 0.6 is 11.3 Å². The molecule has 17 heavy (non-hydrogen) atoms. The highest BCUT2D eigenvalue weighted by atomic mass is 32.1. The van der Waals surface area contributed by atoms with Crippen molar-refractivity contribution in [3.05, 3.63) is 52.5 Å². The second kappa shape index (κ2) is 5.36. The van der Waals surface area contributed by atoms with Gasteiger partial charge in [-0.25, -0.2) is 5.43 Å². The van der Waals surface area contributed by atoms with Crippen LogP contribution in [0.15, 0.2) is 47.1 Å². The molecule has 0 aliphatic rings. The molecule has 1 amide bonds. The van der Waals surface area contributed by atoms with Crippen molar-refractivity contribution in [2.24, 2.45) is 5.10 Å². The van der Waals surface area contributed by atoms with Gasteiger partial charge in [0.05, 0.1) is 11.3 Å². The predicted octanol–water partition coefficient (Wildman–Crippen LogP) is 2.30. The van der Waals surface area contributed by atoms with Gasteiger partial charge in [-0.05, 0) is 30.5 Å². The first-order valence-corrected chi connectivity index (χ1v) is 5.94. The average molecular weight is 245 g/mol. The minimum absolute atomic E-state index is 0.256. The molecule has 0 fully saturated rings. The Hall–Kier alpha value is -2.01. The summed E-state index contributed by atoms with van der Waals surface area (Å²) in [6, 6.07) is 7.31. The van der Waals surface area contributed by atoms with Crippen molar-refractivity contribution in [3.63, 3.8) is 0 Å². The fourth-order valence-corrected chi connectivity index (χ4v) is 1.91. The first-order chi connectivity index (χ1) is 8.27. The largest absolute Gasteiger partial charge is 0.272 e. The summed E-state index contributed by atoms with van der Waals surface area (Å²) in [6.07, 6.45) is 3.13. The number of hydrogen-bond donors (Lipinski definition) is 1. The van der Waals surface area contributed by atoms with Gasteiger partial charge in [-0.3, -0.25) is 9.78 Å². The van der Waals surface area contributed by atoms with Crippen molar-refractivity contribution in [1.82, 2.24) is 10.4 Å². The molecule has 0 aromatic carbocycles. The maximum atomic E-state index is 11.7. The lowest BCUT2D eigenvalue weighted by Crippen LogP contribution is -2.19. The molecule has 0 bridgehead atoms. The highest BCUT2D eigenvalue weighted by Gasteiger charge is 2.04. The second-order valence-corrected chi connectivity index (χ2v) is 4.30. The number of rotatable bonds is 3. The smallest absolute Gasteiger partial charge is 0.267 e. The molecule has 2 aromatic rings. The van der Waals surface area contributed by atoms with E-state index in [0.717, 1.165) is 10.6 Å². The normalized spacial score (nSPS) is 11.2. The standard InChI is InChI=1S/C12H11N3OS/c1-9(11-5-3-7-17-11)14-15-12(16)10-4-2-6-13-8-10/h2-8H,1H3,(H,15,16)/b14-9-. The van der Waals surface area contributed by atoms with Crippen LogP contribution in [0.3, 0.4) is 0 Å². The molecule has 0 saturated heterocycles. The summed E-state index contributed by atoms with van der Waals surface area (Å²) in [5, 5.41) is 6.01. The zero-order valence-electron chi connectivity index (χ0n) is 9.25. The molecule has 5 heteroatoms. The highest BCUT2D eigenvalue weighted by Crippen LogP contribution is 2.09. The summed E-state index contributed by atoms with van der Waals surface area (Å²) >= 11 is 1.58. The van der Waals surface area contributed by atoms with Crippen molar-refractivity contribution < 1.29 is 4.79 Å². The number of aromatic nitrogens is 1. The Morgan fingerprint density at radius 1 is 1.41 bits per heavy atom. The van der Waals surface area contributed by atoms with E-state index in [4.69, 9.17) is 0 Å². The molecule has 2 rings (SSSR count). The minimum Gasteiger partial charge on any atom is -0.267 e. The van der Waals surface area contributed by atoms with Crippen molar-refractivity contribution in [2.45, 2.75) is 6.92 Å². The quantitative estimate of drug-likeness (QED) is 0.666. The number of thiophene rings is 1.